The average molecular weight is 240 g/mol. The number of carbonyl (C=O) groups excluding carboxylic acids is 1. The van der Waals surface area contributed by atoms with Gasteiger partial charge in [-0.3, -0.25) is 4.79 Å². The number of nitrogens with zero attached hydrogens (tertiary/aromatic N) is 1. The van der Waals surface area contributed by atoms with Gasteiger partial charge in [0.25, 0.3) is 5.91 Å². The number of hydrogen-bond acceptors (Lipinski definition) is 3. The lowest BCUT2D eigenvalue weighted by Crippen LogP contribution is -2.47. The van der Waals surface area contributed by atoms with Gasteiger partial charge in [-0.1, -0.05) is 13.8 Å². The third kappa shape index (κ3) is 2.99. The van der Waals surface area contributed by atoms with Gasteiger partial charge in [0.15, 0.2) is 0 Å². The second-order valence-corrected chi connectivity index (χ2v) is 5.75. The summed E-state index contributed by atoms with van der Waals surface area (Å²) in [6, 6.07) is 0. The molecule has 98 valence electrons. The molecule has 2 rings (SSSR count). The van der Waals surface area contributed by atoms with Gasteiger partial charge in [0.1, 0.15) is 6.10 Å². The van der Waals surface area contributed by atoms with Gasteiger partial charge >= 0.3 is 0 Å². The summed E-state index contributed by atoms with van der Waals surface area (Å²) in [5, 5.41) is 0. The van der Waals surface area contributed by atoms with E-state index >= 15 is 0 Å². The smallest absolute Gasteiger partial charge is 0.251 e. The first-order chi connectivity index (χ1) is 8.10. The molecule has 4 atom stereocenters. The SMILES string of the molecule is CC1CC(C)CN(C(=O)C2CCC(CN)O2)C1. The van der Waals surface area contributed by atoms with Gasteiger partial charge in [0.2, 0.25) is 0 Å². The molecule has 4 unspecified atom stereocenters. The third-order valence-electron chi connectivity index (χ3n) is 3.83. The van der Waals surface area contributed by atoms with Gasteiger partial charge in [-0.05, 0) is 31.1 Å². The molecule has 0 aromatic rings. The van der Waals surface area contributed by atoms with Gasteiger partial charge < -0.3 is 15.4 Å². The average Bonchev–Trinajstić information content (AvgIpc) is 2.75. The summed E-state index contributed by atoms with van der Waals surface area (Å²) in [7, 11) is 0. The molecule has 17 heavy (non-hydrogen) atoms. The molecule has 0 radical (unpaired) electrons. The zero-order valence-corrected chi connectivity index (χ0v) is 10.9. The number of piperidine rings is 1. The van der Waals surface area contributed by atoms with Crippen LogP contribution in [0.3, 0.4) is 0 Å². The van der Waals surface area contributed by atoms with Crippen LogP contribution in [0.2, 0.25) is 0 Å². The lowest BCUT2D eigenvalue weighted by Gasteiger charge is -2.36. The van der Waals surface area contributed by atoms with Crippen molar-refractivity contribution >= 4 is 5.91 Å². The molecule has 1 amide bonds. The van der Waals surface area contributed by atoms with Gasteiger partial charge in [0, 0.05) is 19.6 Å². The molecular weight excluding hydrogens is 216 g/mol. The minimum atomic E-state index is -0.235. The molecule has 0 aromatic heterocycles. The lowest BCUT2D eigenvalue weighted by atomic mass is 9.91. The first-order valence-electron chi connectivity index (χ1n) is 6.74. The van der Waals surface area contributed by atoms with E-state index in [9.17, 15) is 4.79 Å². The fraction of sp³-hybridized carbons (Fsp3) is 0.923. The van der Waals surface area contributed by atoms with Crippen molar-refractivity contribution < 1.29 is 9.53 Å². The quantitative estimate of drug-likeness (QED) is 0.783. The monoisotopic (exact) mass is 240 g/mol. The molecule has 0 aromatic carbocycles. The molecule has 0 bridgehead atoms. The second-order valence-electron chi connectivity index (χ2n) is 5.75. The van der Waals surface area contributed by atoms with E-state index in [0.29, 0.717) is 18.4 Å². The minimum Gasteiger partial charge on any atom is -0.364 e. The molecule has 2 aliphatic heterocycles. The maximum Gasteiger partial charge on any atom is 0.251 e. The number of amides is 1. The van der Waals surface area contributed by atoms with Crippen LogP contribution in [0.25, 0.3) is 0 Å². The summed E-state index contributed by atoms with van der Waals surface area (Å²) >= 11 is 0. The molecule has 2 heterocycles. The van der Waals surface area contributed by atoms with Crippen molar-refractivity contribution in [3.05, 3.63) is 0 Å². The first kappa shape index (κ1) is 12.8. The molecule has 4 heteroatoms. The Bertz CT molecular complexity index is 273. The summed E-state index contributed by atoms with van der Waals surface area (Å²) in [6.45, 7) is 6.73. The molecule has 0 aliphatic carbocycles. The van der Waals surface area contributed by atoms with Crippen molar-refractivity contribution in [3.8, 4) is 0 Å². The van der Waals surface area contributed by atoms with Crippen molar-refractivity contribution in [3.63, 3.8) is 0 Å². The van der Waals surface area contributed by atoms with E-state index in [1.165, 1.54) is 6.42 Å². The predicted molar refractivity (Wildman–Crippen MR) is 66.5 cm³/mol. The Labute approximate surface area is 103 Å². The van der Waals surface area contributed by atoms with Crippen LogP contribution in [-0.4, -0.2) is 42.6 Å². The Morgan fingerprint density at radius 1 is 1.29 bits per heavy atom. The number of likely N-dealkylation sites (tertiary alicyclic amines) is 1. The highest BCUT2D eigenvalue weighted by molar-refractivity contribution is 5.81. The number of rotatable bonds is 2. The van der Waals surface area contributed by atoms with E-state index in [1.807, 2.05) is 4.90 Å². The van der Waals surface area contributed by atoms with E-state index in [1.54, 1.807) is 0 Å². The molecule has 4 nitrogen and oxygen atoms in total. The van der Waals surface area contributed by atoms with Crippen LogP contribution in [0.1, 0.15) is 33.1 Å². The maximum absolute atomic E-state index is 12.3. The summed E-state index contributed by atoms with van der Waals surface area (Å²) in [4.78, 5) is 14.3. The second kappa shape index (κ2) is 5.36. The highest BCUT2D eigenvalue weighted by Crippen LogP contribution is 2.25. The van der Waals surface area contributed by atoms with Crippen molar-refractivity contribution in [2.75, 3.05) is 19.6 Å². The molecule has 2 aliphatic rings. The van der Waals surface area contributed by atoms with Gasteiger partial charge in [-0.25, -0.2) is 0 Å². The Morgan fingerprint density at radius 3 is 2.47 bits per heavy atom. The normalized spacial score (nSPS) is 38.4. The Kier molecular flexibility index (Phi) is 4.05. The molecule has 2 saturated heterocycles. The van der Waals surface area contributed by atoms with E-state index < -0.39 is 0 Å². The van der Waals surface area contributed by atoms with Crippen molar-refractivity contribution in [2.45, 2.75) is 45.3 Å². The van der Waals surface area contributed by atoms with Crippen LogP contribution in [0.4, 0.5) is 0 Å². The summed E-state index contributed by atoms with van der Waals surface area (Å²) < 4.78 is 5.68. The molecular formula is C13H24N2O2. The Balaban J connectivity index is 1.91. The number of ether oxygens (including phenoxy) is 1. The van der Waals surface area contributed by atoms with Crippen LogP contribution in [0, 0.1) is 11.8 Å². The zero-order valence-electron chi connectivity index (χ0n) is 10.9. The summed E-state index contributed by atoms with van der Waals surface area (Å²) in [6.07, 6.45) is 2.83. The highest BCUT2D eigenvalue weighted by Gasteiger charge is 2.35. The highest BCUT2D eigenvalue weighted by atomic mass is 16.5. The minimum absolute atomic E-state index is 0.0867. The van der Waals surface area contributed by atoms with Crippen molar-refractivity contribution in [2.24, 2.45) is 17.6 Å². The van der Waals surface area contributed by atoms with E-state index in [-0.39, 0.29) is 18.1 Å². The first-order valence-corrected chi connectivity index (χ1v) is 6.74. The molecule has 2 fully saturated rings. The lowest BCUT2D eigenvalue weighted by molar-refractivity contribution is -0.145. The molecule has 0 saturated carbocycles. The number of nitrogens with two attached hydrogens (primary N) is 1. The van der Waals surface area contributed by atoms with Crippen LogP contribution in [0.5, 0.6) is 0 Å². The molecule has 2 N–H and O–H groups in total. The summed E-state index contributed by atoms with van der Waals surface area (Å²) in [5.74, 6) is 1.39. The van der Waals surface area contributed by atoms with Crippen LogP contribution >= 0.6 is 0 Å². The van der Waals surface area contributed by atoms with E-state index in [4.69, 9.17) is 10.5 Å². The maximum atomic E-state index is 12.3. The fourth-order valence-corrected chi connectivity index (χ4v) is 3.11. The topological polar surface area (TPSA) is 55.6 Å². The zero-order chi connectivity index (χ0) is 12.4. The van der Waals surface area contributed by atoms with Gasteiger partial charge in [0.05, 0.1) is 6.10 Å². The third-order valence-corrected chi connectivity index (χ3v) is 3.83. The van der Waals surface area contributed by atoms with E-state index in [0.717, 1.165) is 25.9 Å². The van der Waals surface area contributed by atoms with Crippen molar-refractivity contribution in [1.29, 1.82) is 0 Å². The predicted octanol–water partition coefficient (Wildman–Crippen LogP) is 0.997. The Hall–Kier alpha value is -0.610. The van der Waals surface area contributed by atoms with E-state index in [2.05, 4.69) is 13.8 Å². The largest absolute Gasteiger partial charge is 0.364 e. The van der Waals surface area contributed by atoms with Gasteiger partial charge in [-0.15, -0.1) is 0 Å². The number of hydrogen-bond donors (Lipinski definition) is 1. The molecule has 0 spiro atoms. The fourth-order valence-electron chi connectivity index (χ4n) is 3.11. The van der Waals surface area contributed by atoms with Crippen molar-refractivity contribution in [1.82, 2.24) is 4.90 Å². The van der Waals surface area contributed by atoms with Crippen LogP contribution in [-0.2, 0) is 9.53 Å². The number of carbonyl (C=O) groups is 1. The Morgan fingerprint density at radius 2 is 1.94 bits per heavy atom. The summed E-state index contributed by atoms with van der Waals surface area (Å²) in [5.41, 5.74) is 5.57. The van der Waals surface area contributed by atoms with Crippen LogP contribution in [0.15, 0.2) is 0 Å². The van der Waals surface area contributed by atoms with Gasteiger partial charge in [-0.2, -0.15) is 0 Å². The van der Waals surface area contributed by atoms with Crippen LogP contribution < -0.4 is 5.73 Å². The standard InChI is InChI=1S/C13H24N2O2/c1-9-5-10(2)8-15(7-9)13(16)12-4-3-11(6-14)17-12/h9-12H,3-8,14H2,1-2H3.